The van der Waals surface area contributed by atoms with E-state index in [4.69, 9.17) is 5.73 Å². The lowest BCUT2D eigenvalue weighted by Gasteiger charge is -2.36. The molecule has 0 aromatic heterocycles. The highest BCUT2D eigenvalue weighted by Crippen LogP contribution is 2.38. The Morgan fingerprint density at radius 3 is 2.31 bits per heavy atom. The number of hydrogen-bond donors (Lipinski definition) is 2. The molecule has 1 atom stereocenters. The fourth-order valence-electron chi connectivity index (χ4n) is 3.55. The van der Waals surface area contributed by atoms with Gasteiger partial charge in [-0.3, -0.25) is 9.69 Å². The second-order valence-electron chi connectivity index (χ2n) is 7.36. The highest BCUT2D eigenvalue weighted by Gasteiger charge is 2.41. The molecule has 1 aliphatic carbocycles. The molecular weight excluding hydrogens is 371 g/mol. The van der Waals surface area contributed by atoms with Gasteiger partial charge in [0.1, 0.15) is 0 Å². The molecule has 1 aliphatic heterocycles. The van der Waals surface area contributed by atoms with Gasteiger partial charge in [-0.25, -0.2) is 0 Å². The Kier molecular flexibility index (Phi) is 9.17. The third kappa shape index (κ3) is 6.02. The van der Waals surface area contributed by atoms with Crippen molar-refractivity contribution in [3.63, 3.8) is 0 Å². The third-order valence-electron chi connectivity index (χ3n) is 5.48. The van der Waals surface area contributed by atoms with E-state index in [1.165, 1.54) is 18.5 Å². The van der Waals surface area contributed by atoms with Crippen molar-refractivity contribution in [2.45, 2.75) is 31.7 Å². The number of nitrogens with zero attached hydrogens (tertiary/aromatic N) is 2. The van der Waals surface area contributed by atoms with Crippen LogP contribution in [0.25, 0.3) is 0 Å². The first-order chi connectivity index (χ1) is 11.6. The van der Waals surface area contributed by atoms with Crippen molar-refractivity contribution < 1.29 is 4.79 Å². The standard InChI is InChI=1S/C19H30N4O.2ClH/c1-19(15-20,16-7-8-16)21-18(24)9-10-22-11-13-23(14-12-22)17-5-3-2-4-6-17;;/h2-6,16H,7-15,20H2,1H3,(H,21,24);2*1H. The molecule has 1 saturated heterocycles. The van der Waals surface area contributed by atoms with Gasteiger partial charge >= 0.3 is 0 Å². The van der Waals surface area contributed by atoms with Crippen LogP contribution < -0.4 is 16.0 Å². The molecule has 2 aliphatic rings. The first-order valence-electron chi connectivity index (χ1n) is 9.14. The largest absolute Gasteiger partial charge is 0.369 e. The number of halogens is 2. The predicted molar refractivity (Wildman–Crippen MR) is 113 cm³/mol. The molecule has 1 amide bonds. The van der Waals surface area contributed by atoms with Crippen molar-refractivity contribution >= 4 is 36.4 Å². The van der Waals surface area contributed by atoms with Crippen LogP contribution in [0.1, 0.15) is 26.2 Å². The number of piperazine rings is 1. The summed E-state index contributed by atoms with van der Waals surface area (Å²) in [7, 11) is 0. The van der Waals surface area contributed by atoms with Crippen LogP contribution in [-0.2, 0) is 4.79 Å². The zero-order valence-electron chi connectivity index (χ0n) is 15.5. The second kappa shape index (κ2) is 10.4. The van der Waals surface area contributed by atoms with Crippen LogP contribution in [0.5, 0.6) is 0 Å². The molecule has 26 heavy (non-hydrogen) atoms. The fourth-order valence-corrected chi connectivity index (χ4v) is 3.55. The summed E-state index contributed by atoms with van der Waals surface area (Å²) in [6.45, 7) is 7.51. The number of anilines is 1. The predicted octanol–water partition coefficient (Wildman–Crippen LogP) is 2.29. The maximum Gasteiger partial charge on any atom is 0.221 e. The summed E-state index contributed by atoms with van der Waals surface area (Å²) in [6, 6.07) is 10.5. The molecule has 5 nitrogen and oxygen atoms in total. The fraction of sp³-hybridized carbons (Fsp3) is 0.632. The van der Waals surface area contributed by atoms with Crippen LogP contribution in [0.3, 0.4) is 0 Å². The minimum absolute atomic E-state index is 0. The summed E-state index contributed by atoms with van der Waals surface area (Å²) < 4.78 is 0. The molecule has 148 valence electrons. The molecule has 3 rings (SSSR count). The van der Waals surface area contributed by atoms with Gasteiger partial charge in [-0.1, -0.05) is 18.2 Å². The van der Waals surface area contributed by atoms with Gasteiger partial charge in [-0.05, 0) is 37.8 Å². The lowest BCUT2D eigenvalue weighted by molar-refractivity contribution is -0.123. The van der Waals surface area contributed by atoms with Crippen molar-refractivity contribution in [1.29, 1.82) is 0 Å². The average Bonchev–Trinajstić information content (AvgIpc) is 3.47. The Hall–Kier alpha value is -1.01. The van der Waals surface area contributed by atoms with Gasteiger partial charge in [0.15, 0.2) is 0 Å². The Morgan fingerprint density at radius 1 is 1.15 bits per heavy atom. The van der Waals surface area contributed by atoms with E-state index < -0.39 is 0 Å². The molecular formula is C19H32Cl2N4O. The van der Waals surface area contributed by atoms with E-state index in [1.807, 2.05) is 0 Å². The maximum atomic E-state index is 12.3. The minimum Gasteiger partial charge on any atom is -0.369 e. The zero-order valence-corrected chi connectivity index (χ0v) is 17.2. The number of rotatable bonds is 7. The van der Waals surface area contributed by atoms with Crippen LogP contribution >= 0.6 is 24.8 Å². The lowest BCUT2D eigenvalue weighted by atomic mass is 9.96. The van der Waals surface area contributed by atoms with E-state index in [0.29, 0.717) is 18.9 Å². The highest BCUT2D eigenvalue weighted by atomic mass is 35.5. The molecule has 1 heterocycles. The van der Waals surface area contributed by atoms with Crippen molar-refractivity contribution in [3.8, 4) is 0 Å². The molecule has 7 heteroatoms. The summed E-state index contributed by atoms with van der Waals surface area (Å²) in [5, 5.41) is 3.18. The summed E-state index contributed by atoms with van der Waals surface area (Å²) in [6.07, 6.45) is 2.94. The second-order valence-corrected chi connectivity index (χ2v) is 7.36. The molecule has 0 spiro atoms. The van der Waals surface area contributed by atoms with E-state index >= 15 is 0 Å². The first kappa shape index (κ1) is 23.0. The van der Waals surface area contributed by atoms with Crippen LogP contribution in [0, 0.1) is 5.92 Å². The van der Waals surface area contributed by atoms with Crippen LogP contribution in [0.2, 0.25) is 0 Å². The number of carbonyl (C=O) groups excluding carboxylic acids is 1. The topological polar surface area (TPSA) is 61.6 Å². The highest BCUT2D eigenvalue weighted by molar-refractivity contribution is 5.85. The van der Waals surface area contributed by atoms with Gasteiger partial charge in [-0.15, -0.1) is 24.8 Å². The minimum atomic E-state index is -0.205. The van der Waals surface area contributed by atoms with Crippen LogP contribution in [0.15, 0.2) is 30.3 Å². The molecule has 1 saturated carbocycles. The summed E-state index contributed by atoms with van der Waals surface area (Å²) in [5.74, 6) is 0.709. The quantitative estimate of drug-likeness (QED) is 0.734. The summed E-state index contributed by atoms with van der Waals surface area (Å²) in [4.78, 5) is 17.1. The van der Waals surface area contributed by atoms with E-state index in [1.54, 1.807) is 0 Å². The first-order valence-corrected chi connectivity index (χ1v) is 9.14. The average molecular weight is 403 g/mol. The van der Waals surface area contributed by atoms with Gasteiger partial charge in [0.2, 0.25) is 5.91 Å². The zero-order chi connectivity index (χ0) is 17.0. The SMILES string of the molecule is CC(CN)(NC(=O)CCN1CCN(c2ccccc2)CC1)C1CC1.Cl.Cl. The molecule has 2 fully saturated rings. The van der Waals surface area contributed by atoms with Gasteiger partial charge in [0, 0.05) is 51.4 Å². The smallest absolute Gasteiger partial charge is 0.221 e. The number of hydrogen-bond acceptors (Lipinski definition) is 4. The lowest BCUT2D eigenvalue weighted by Crippen LogP contribution is -2.54. The van der Waals surface area contributed by atoms with E-state index in [9.17, 15) is 4.79 Å². The molecule has 0 radical (unpaired) electrons. The van der Waals surface area contributed by atoms with E-state index in [0.717, 1.165) is 32.7 Å². The van der Waals surface area contributed by atoms with Crippen molar-refractivity contribution in [3.05, 3.63) is 30.3 Å². The third-order valence-corrected chi connectivity index (χ3v) is 5.48. The number of nitrogens with one attached hydrogen (secondary N) is 1. The monoisotopic (exact) mass is 402 g/mol. The van der Waals surface area contributed by atoms with Crippen molar-refractivity contribution in [2.24, 2.45) is 11.7 Å². The maximum absolute atomic E-state index is 12.3. The van der Waals surface area contributed by atoms with Crippen molar-refractivity contribution in [1.82, 2.24) is 10.2 Å². The number of para-hydroxylation sites is 1. The Balaban J connectivity index is 0.00000169. The van der Waals surface area contributed by atoms with Gasteiger partial charge in [-0.2, -0.15) is 0 Å². The number of amides is 1. The van der Waals surface area contributed by atoms with Gasteiger partial charge in [0.25, 0.3) is 0 Å². The Labute approximate surface area is 169 Å². The Bertz CT molecular complexity index is 548. The molecule has 3 N–H and O–H groups in total. The number of nitrogens with two attached hydrogens (primary N) is 1. The molecule has 1 unspecified atom stereocenters. The van der Waals surface area contributed by atoms with E-state index in [2.05, 4.69) is 52.4 Å². The van der Waals surface area contributed by atoms with Gasteiger partial charge in [0.05, 0.1) is 5.54 Å². The summed E-state index contributed by atoms with van der Waals surface area (Å²) >= 11 is 0. The van der Waals surface area contributed by atoms with Gasteiger partial charge < -0.3 is 16.0 Å². The number of benzene rings is 1. The van der Waals surface area contributed by atoms with E-state index in [-0.39, 0.29) is 36.3 Å². The molecule has 1 aromatic rings. The van der Waals surface area contributed by atoms with Crippen LogP contribution in [-0.4, -0.2) is 55.6 Å². The van der Waals surface area contributed by atoms with Crippen LogP contribution in [0.4, 0.5) is 5.69 Å². The number of carbonyl (C=O) groups is 1. The summed E-state index contributed by atoms with van der Waals surface area (Å²) in [5.41, 5.74) is 6.96. The van der Waals surface area contributed by atoms with Crippen molar-refractivity contribution in [2.75, 3.05) is 44.2 Å². The molecule has 0 bridgehead atoms. The molecule has 1 aromatic carbocycles. The normalized spacial score (nSPS) is 19.7. The Morgan fingerprint density at radius 2 is 1.77 bits per heavy atom.